The fourth-order valence-electron chi connectivity index (χ4n) is 3.54. The third-order valence-electron chi connectivity index (χ3n) is 5.31. The number of benzene rings is 4. The fourth-order valence-corrected chi connectivity index (χ4v) is 5.83. The second-order valence-corrected chi connectivity index (χ2v) is 10.5. The monoisotopic (exact) mass is 462 g/mol. The van der Waals surface area contributed by atoms with Crippen molar-refractivity contribution in [1.29, 1.82) is 0 Å². The molecule has 4 aromatic carbocycles. The second kappa shape index (κ2) is 12.7. The quantitative estimate of drug-likeness (QED) is 0.147. The summed E-state index contributed by atoms with van der Waals surface area (Å²) in [6, 6.07) is 29.4. The van der Waals surface area contributed by atoms with Crippen LogP contribution in [0, 0.1) is 0 Å². The van der Waals surface area contributed by atoms with E-state index in [1.54, 1.807) is 0 Å². The van der Waals surface area contributed by atoms with Crippen molar-refractivity contribution in [3.05, 3.63) is 84.9 Å². The van der Waals surface area contributed by atoms with Crippen molar-refractivity contribution in [2.45, 2.75) is 25.7 Å². The first kappa shape index (κ1) is 22.9. The summed E-state index contributed by atoms with van der Waals surface area (Å²) in [5.41, 5.74) is 0. The van der Waals surface area contributed by atoms with Gasteiger partial charge in [-0.2, -0.15) is 0 Å². The van der Waals surface area contributed by atoms with E-state index in [4.69, 9.17) is 9.47 Å². The predicted octanol–water partition coefficient (Wildman–Crippen LogP) is 8.39. The molecule has 0 aliphatic carbocycles. The number of rotatable bonds is 13. The molecule has 0 bridgehead atoms. The van der Waals surface area contributed by atoms with E-state index in [1.165, 1.54) is 45.9 Å². The van der Waals surface area contributed by atoms with Gasteiger partial charge >= 0.3 is 0 Å². The summed E-state index contributed by atoms with van der Waals surface area (Å²) in [6.07, 6.45) is 4.58. The molecular weight excluding hydrogens is 432 g/mol. The molecule has 2 nitrogen and oxygen atoms in total. The molecule has 0 heterocycles. The lowest BCUT2D eigenvalue weighted by Crippen LogP contribution is -1.98. The molecule has 0 saturated heterocycles. The van der Waals surface area contributed by atoms with Gasteiger partial charge in [0.2, 0.25) is 0 Å². The predicted molar refractivity (Wildman–Crippen MR) is 142 cm³/mol. The second-order valence-electron chi connectivity index (χ2n) is 7.77. The molecule has 166 valence electrons. The van der Waals surface area contributed by atoms with Crippen LogP contribution in [0.5, 0.6) is 11.5 Å². The minimum absolute atomic E-state index is 0.787. The van der Waals surface area contributed by atoms with Gasteiger partial charge in [-0.05, 0) is 71.5 Å². The van der Waals surface area contributed by atoms with Crippen LogP contribution in [0.4, 0.5) is 0 Å². The average molecular weight is 463 g/mol. The Morgan fingerprint density at radius 2 is 0.906 bits per heavy atom. The van der Waals surface area contributed by atoms with Crippen molar-refractivity contribution in [2.75, 3.05) is 24.7 Å². The number of unbranched alkanes of at least 4 members (excludes halogenated alkanes) is 2. The summed E-state index contributed by atoms with van der Waals surface area (Å²) >= 11 is 0. The average Bonchev–Trinajstić information content (AvgIpc) is 2.84. The third-order valence-corrected chi connectivity index (χ3v) is 7.88. The van der Waals surface area contributed by atoms with Crippen molar-refractivity contribution in [1.82, 2.24) is 0 Å². The molecule has 0 spiro atoms. The molecule has 0 fully saturated rings. The van der Waals surface area contributed by atoms with Crippen LogP contribution >= 0.6 is 21.6 Å². The van der Waals surface area contributed by atoms with Crippen molar-refractivity contribution in [3.8, 4) is 11.5 Å². The normalized spacial score (nSPS) is 11.1. The van der Waals surface area contributed by atoms with Crippen LogP contribution in [-0.2, 0) is 0 Å². The van der Waals surface area contributed by atoms with Gasteiger partial charge in [0.1, 0.15) is 11.5 Å². The molecule has 0 saturated carbocycles. The Kier molecular flexibility index (Phi) is 9.05. The highest BCUT2D eigenvalue weighted by atomic mass is 33.1. The lowest BCUT2D eigenvalue weighted by atomic mass is 10.1. The molecule has 4 heteroatoms. The molecule has 0 aromatic heterocycles. The van der Waals surface area contributed by atoms with E-state index in [0.717, 1.165) is 37.6 Å². The molecule has 0 aliphatic heterocycles. The van der Waals surface area contributed by atoms with Gasteiger partial charge < -0.3 is 9.47 Å². The van der Waals surface area contributed by atoms with Gasteiger partial charge in [-0.15, -0.1) is 0 Å². The molecular formula is C28H30O2S2. The van der Waals surface area contributed by atoms with Gasteiger partial charge in [0.05, 0.1) is 13.2 Å². The Hall–Kier alpha value is -2.30. The minimum Gasteiger partial charge on any atom is -0.494 e. The van der Waals surface area contributed by atoms with Crippen LogP contribution in [0.25, 0.3) is 21.5 Å². The summed E-state index contributed by atoms with van der Waals surface area (Å²) < 4.78 is 11.8. The first-order valence-electron chi connectivity index (χ1n) is 11.4. The van der Waals surface area contributed by atoms with Crippen LogP contribution in [-0.4, -0.2) is 24.7 Å². The molecule has 0 atom stereocenters. The smallest absolute Gasteiger partial charge is 0.119 e. The SMILES string of the molecule is c1ccc2cc(OCCCCSSCCCCOc3ccc4ccccc4c3)ccc2c1. The summed E-state index contributed by atoms with van der Waals surface area (Å²) in [5.74, 6) is 4.30. The van der Waals surface area contributed by atoms with E-state index in [-0.39, 0.29) is 0 Å². The topological polar surface area (TPSA) is 18.5 Å². The fraction of sp³-hybridized carbons (Fsp3) is 0.286. The summed E-state index contributed by atoms with van der Waals surface area (Å²) in [5, 5.41) is 4.99. The maximum absolute atomic E-state index is 5.92. The number of hydrogen-bond donors (Lipinski definition) is 0. The van der Waals surface area contributed by atoms with Crippen LogP contribution in [0.3, 0.4) is 0 Å². The largest absolute Gasteiger partial charge is 0.494 e. The van der Waals surface area contributed by atoms with Crippen molar-refractivity contribution < 1.29 is 9.47 Å². The summed E-state index contributed by atoms with van der Waals surface area (Å²) in [6.45, 7) is 1.57. The van der Waals surface area contributed by atoms with Gasteiger partial charge in [-0.1, -0.05) is 82.3 Å². The number of ether oxygens (including phenoxy) is 2. The first-order chi connectivity index (χ1) is 15.9. The van der Waals surface area contributed by atoms with Gasteiger partial charge in [0, 0.05) is 11.5 Å². The Balaban J connectivity index is 0.990. The molecule has 4 rings (SSSR count). The van der Waals surface area contributed by atoms with E-state index in [1.807, 2.05) is 21.6 Å². The van der Waals surface area contributed by atoms with Crippen molar-refractivity contribution in [3.63, 3.8) is 0 Å². The highest BCUT2D eigenvalue weighted by molar-refractivity contribution is 8.76. The number of hydrogen-bond acceptors (Lipinski definition) is 4. The zero-order valence-electron chi connectivity index (χ0n) is 18.4. The molecule has 0 radical (unpaired) electrons. The standard InChI is InChI=1S/C28H30O2S2/c1-3-11-25-21-27(15-13-23(25)9-1)29-17-5-7-19-31-32-20-8-6-18-30-28-16-14-24-10-2-4-12-26(24)22-28/h1-4,9-16,21-22H,5-8,17-20H2. The maximum Gasteiger partial charge on any atom is 0.119 e. The van der Waals surface area contributed by atoms with Gasteiger partial charge in [-0.25, -0.2) is 0 Å². The van der Waals surface area contributed by atoms with Gasteiger partial charge in [0.25, 0.3) is 0 Å². The van der Waals surface area contributed by atoms with Crippen LogP contribution < -0.4 is 9.47 Å². The van der Waals surface area contributed by atoms with E-state index in [9.17, 15) is 0 Å². The molecule has 0 unspecified atom stereocenters. The number of fused-ring (bicyclic) bond motifs is 2. The zero-order chi connectivity index (χ0) is 21.8. The highest BCUT2D eigenvalue weighted by Gasteiger charge is 1.99. The van der Waals surface area contributed by atoms with Gasteiger partial charge in [0.15, 0.2) is 0 Å². The van der Waals surface area contributed by atoms with Crippen LogP contribution in [0.15, 0.2) is 84.9 Å². The Labute approximate surface area is 199 Å². The van der Waals surface area contributed by atoms with E-state index >= 15 is 0 Å². The van der Waals surface area contributed by atoms with Crippen LogP contribution in [0.1, 0.15) is 25.7 Å². The Bertz CT molecular complexity index is 1020. The van der Waals surface area contributed by atoms with Crippen LogP contribution in [0.2, 0.25) is 0 Å². The molecule has 0 N–H and O–H groups in total. The summed E-state index contributed by atoms with van der Waals surface area (Å²) in [7, 11) is 3.95. The molecule has 0 aliphatic rings. The Morgan fingerprint density at radius 3 is 1.38 bits per heavy atom. The van der Waals surface area contributed by atoms with Crippen molar-refractivity contribution >= 4 is 43.1 Å². The first-order valence-corrected chi connectivity index (χ1v) is 13.8. The van der Waals surface area contributed by atoms with Crippen molar-refractivity contribution in [2.24, 2.45) is 0 Å². The molecule has 4 aromatic rings. The summed E-state index contributed by atoms with van der Waals surface area (Å²) in [4.78, 5) is 0. The van der Waals surface area contributed by atoms with E-state index in [2.05, 4.69) is 84.9 Å². The lowest BCUT2D eigenvalue weighted by molar-refractivity contribution is 0.310. The third kappa shape index (κ3) is 7.11. The molecule has 32 heavy (non-hydrogen) atoms. The maximum atomic E-state index is 5.92. The Morgan fingerprint density at radius 1 is 0.469 bits per heavy atom. The highest BCUT2D eigenvalue weighted by Crippen LogP contribution is 2.25. The lowest BCUT2D eigenvalue weighted by Gasteiger charge is -2.08. The minimum atomic E-state index is 0.787. The zero-order valence-corrected chi connectivity index (χ0v) is 20.0. The van der Waals surface area contributed by atoms with E-state index in [0.29, 0.717) is 0 Å². The van der Waals surface area contributed by atoms with Gasteiger partial charge in [-0.3, -0.25) is 0 Å². The molecule has 0 amide bonds. The van der Waals surface area contributed by atoms with E-state index < -0.39 is 0 Å².